The van der Waals surface area contributed by atoms with E-state index in [-0.39, 0.29) is 17.0 Å². The Labute approximate surface area is 186 Å². The fraction of sp³-hybridized carbons (Fsp3) is 0.174. The van der Waals surface area contributed by atoms with Crippen LogP contribution in [-0.2, 0) is 16.4 Å². The number of carboxylic acid groups (broad SMARTS) is 1. The summed E-state index contributed by atoms with van der Waals surface area (Å²) in [6.45, 7) is 3.52. The normalized spacial score (nSPS) is 11.3. The minimum atomic E-state index is -3.83. The van der Waals surface area contributed by atoms with Crippen molar-refractivity contribution in [3.63, 3.8) is 0 Å². The third-order valence-corrected chi connectivity index (χ3v) is 6.55. The molecule has 0 aliphatic carbocycles. The number of benzene rings is 3. The molecule has 8 heteroatoms. The molecule has 0 unspecified atom stereocenters. The number of carboxylic acids is 1. The van der Waals surface area contributed by atoms with Crippen LogP contribution in [0.1, 0.15) is 27.0 Å². The summed E-state index contributed by atoms with van der Waals surface area (Å²) in [6.07, 6.45) is 0.469. The fourth-order valence-electron chi connectivity index (χ4n) is 2.98. The number of ether oxygens (including phenoxy) is 1. The van der Waals surface area contributed by atoms with Gasteiger partial charge in [0.1, 0.15) is 11.5 Å². The van der Waals surface area contributed by atoms with Crippen molar-refractivity contribution in [2.45, 2.75) is 25.2 Å². The first-order valence-electron chi connectivity index (χ1n) is 9.52. The molecule has 2 N–H and O–H groups in total. The Balaban J connectivity index is 1.61. The van der Waals surface area contributed by atoms with E-state index in [2.05, 4.69) is 4.72 Å². The molecule has 3 rings (SSSR count). The molecule has 0 saturated heterocycles. The van der Waals surface area contributed by atoms with Crippen molar-refractivity contribution in [2.75, 3.05) is 6.54 Å². The van der Waals surface area contributed by atoms with Gasteiger partial charge in [0, 0.05) is 11.6 Å². The average Bonchev–Trinajstić information content (AvgIpc) is 2.72. The lowest BCUT2D eigenvalue weighted by molar-refractivity contribution is 0.0695. The van der Waals surface area contributed by atoms with Crippen LogP contribution in [0.2, 0.25) is 5.02 Å². The van der Waals surface area contributed by atoms with Gasteiger partial charge in [-0.25, -0.2) is 17.9 Å². The molecule has 3 aromatic carbocycles. The number of hydrogen-bond donors (Lipinski definition) is 2. The van der Waals surface area contributed by atoms with Gasteiger partial charge in [0.2, 0.25) is 10.0 Å². The van der Waals surface area contributed by atoms with Crippen molar-refractivity contribution in [3.8, 4) is 11.5 Å². The number of halogens is 1. The fourth-order valence-corrected chi connectivity index (χ4v) is 4.25. The second-order valence-electron chi connectivity index (χ2n) is 7.07. The van der Waals surface area contributed by atoms with E-state index < -0.39 is 16.0 Å². The largest absolute Gasteiger partial charge is 0.478 e. The van der Waals surface area contributed by atoms with Gasteiger partial charge in [-0.15, -0.1) is 0 Å². The highest BCUT2D eigenvalue weighted by Crippen LogP contribution is 2.24. The summed E-state index contributed by atoms with van der Waals surface area (Å²) in [5.41, 5.74) is 2.07. The standard InChI is InChI=1S/C23H22ClNO5S/c1-15-13-21(14-22(16(15)2)23(26)27)31(28,29)25-12-11-17-3-7-19(8-4-17)30-20-9-5-18(24)6-10-20/h3-10,13-14,25H,11-12H2,1-2H3,(H,26,27). The van der Waals surface area contributed by atoms with Crippen molar-refractivity contribution in [1.82, 2.24) is 4.72 Å². The third-order valence-electron chi connectivity index (χ3n) is 4.86. The van der Waals surface area contributed by atoms with Crippen LogP contribution in [0.5, 0.6) is 11.5 Å². The van der Waals surface area contributed by atoms with E-state index in [1.165, 1.54) is 12.1 Å². The van der Waals surface area contributed by atoms with E-state index in [4.69, 9.17) is 16.3 Å². The van der Waals surface area contributed by atoms with Crippen LogP contribution in [0.4, 0.5) is 0 Å². The quantitative estimate of drug-likeness (QED) is 0.496. The molecule has 0 amide bonds. The maximum Gasteiger partial charge on any atom is 0.336 e. The Morgan fingerprint density at radius 1 is 1.00 bits per heavy atom. The van der Waals surface area contributed by atoms with Gasteiger partial charge in [-0.3, -0.25) is 0 Å². The smallest absolute Gasteiger partial charge is 0.336 e. The molecule has 0 bridgehead atoms. The predicted molar refractivity (Wildman–Crippen MR) is 120 cm³/mol. The zero-order chi connectivity index (χ0) is 22.6. The SMILES string of the molecule is Cc1cc(S(=O)(=O)NCCc2ccc(Oc3ccc(Cl)cc3)cc2)cc(C(=O)O)c1C. The number of rotatable bonds is 8. The van der Waals surface area contributed by atoms with Crippen molar-refractivity contribution >= 4 is 27.6 Å². The number of aryl methyl sites for hydroxylation is 1. The lowest BCUT2D eigenvalue weighted by Crippen LogP contribution is -2.26. The van der Waals surface area contributed by atoms with Crippen LogP contribution in [0.15, 0.2) is 65.6 Å². The van der Waals surface area contributed by atoms with Gasteiger partial charge in [-0.1, -0.05) is 23.7 Å². The van der Waals surface area contributed by atoms with Crippen molar-refractivity contribution in [1.29, 1.82) is 0 Å². The summed E-state index contributed by atoms with van der Waals surface area (Å²) in [4.78, 5) is 11.3. The Morgan fingerprint density at radius 3 is 2.16 bits per heavy atom. The Hall–Kier alpha value is -2.87. The molecule has 0 fully saturated rings. The van der Waals surface area contributed by atoms with E-state index in [9.17, 15) is 18.3 Å². The van der Waals surface area contributed by atoms with Crippen LogP contribution < -0.4 is 9.46 Å². The Morgan fingerprint density at radius 2 is 1.58 bits per heavy atom. The predicted octanol–water partition coefficient (Wildman–Crippen LogP) is 4.97. The number of sulfonamides is 1. The molecule has 0 aromatic heterocycles. The summed E-state index contributed by atoms with van der Waals surface area (Å²) < 4.78 is 33.5. The van der Waals surface area contributed by atoms with E-state index in [0.29, 0.717) is 34.1 Å². The minimum Gasteiger partial charge on any atom is -0.478 e. The highest BCUT2D eigenvalue weighted by atomic mass is 35.5. The van der Waals surface area contributed by atoms with Gasteiger partial charge in [-0.05, 0) is 85.5 Å². The molecule has 0 aliphatic heterocycles. The van der Waals surface area contributed by atoms with Gasteiger partial charge >= 0.3 is 5.97 Å². The molecular formula is C23H22ClNO5S. The zero-order valence-corrected chi connectivity index (χ0v) is 18.6. The molecule has 0 saturated carbocycles. The summed E-state index contributed by atoms with van der Waals surface area (Å²) in [5.74, 6) is 0.167. The van der Waals surface area contributed by atoms with Gasteiger partial charge in [0.25, 0.3) is 0 Å². The van der Waals surface area contributed by atoms with Gasteiger partial charge in [0.05, 0.1) is 10.5 Å². The minimum absolute atomic E-state index is 0.0170. The molecule has 0 heterocycles. The summed E-state index contributed by atoms with van der Waals surface area (Å²) in [5, 5.41) is 9.93. The van der Waals surface area contributed by atoms with Gasteiger partial charge in [-0.2, -0.15) is 0 Å². The zero-order valence-electron chi connectivity index (χ0n) is 17.1. The van der Waals surface area contributed by atoms with Crippen LogP contribution in [0.3, 0.4) is 0 Å². The maximum atomic E-state index is 12.6. The van der Waals surface area contributed by atoms with E-state index in [1.54, 1.807) is 50.2 Å². The number of hydrogen-bond acceptors (Lipinski definition) is 4. The molecule has 162 valence electrons. The second-order valence-corrected chi connectivity index (χ2v) is 9.27. The highest BCUT2D eigenvalue weighted by molar-refractivity contribution is 7.89. The molecular weight excluding hydrogens is 438 g/mol. The van der Waals surface area contributed by atoms with E-state index in [0.717, 1.165) is 5.56 Å². The van der Waals surface area contributed by atoms with Crippen molar-refractivity contribution in [3.05, 3.63) is 87.9 Å². The first-order chi connectivity index (χ1) is 14.7. The van der Waals surface area contributed by atoms with Crippen LogP contribution >= 0.6 is 11.6 Å². The Bertz CT molecular complexity index is 1190. The van der Waals surface area contributed by atoms with Crippen LogP contribution in [-0.4, -0.2) is 26.0 Å². The Kier molecular flexibility index (Phi) is 7.00. The van der Waals surface area contributed by atoms with Gasteiger partial charge < -0.3 is 9.84 Å². The second kappa shape index (κ2) is 9.51. The number of carbonyl (C=O) groups is 1. The van der Waals surface area contributed by atoms with Crippen molar-refractivity contribution < 1.29 is 23.1 Å². The summed E-state index contributed by atoms with van der Waals surface area (Å²) >= 11 is 5.86. The summed E-state index contributed by atoms with van der Waals surface area (Å²) in [6, 6.07) is 17.0. The number of aromatic carboxylic acids is 1. The molecule has 31 heavy (non-hydrogen) atoms. The lowest BCUT2D eigenvalue weighted by Gasteiger charge is -2.11. The van der Waals surface area contributed by atoms with Crippen LogP contribution in [0, 0.1) is 13.8 Å². The lowest BCUT2D eigenvalue weighted by atomic mass is 10.0. The summed E-state index contributed by atoms with van der Waals surface area (Å²) in [7, 11) is -3.83. The topological polar surface area (TPSA) is 92.7 Å². The van der Waals surface area contributed by atoms with Gasteiger partial charge in [0.15, 0.2) is 0 Å². The van der Waals surface area contributed by atoms with E-state index in [1.807, 2.05) is 12.1 Å². The molecule has 0 radical (unpaired) electrons. The van der Waals surface area contributed by atoms with Crippen molar-refractivity contribution in [2.24, 2.45) is 0 Å². The first kappa shape index (κ1) is 22.8. The molecule has 0 atom stereocenters. The molecule has 0 spiro atoms. The maximum absolute atomic E-state index is 12.6. The third kappa shape index (κ3) is 5.85. The molecule has 0 aliphatic rings. The molecule has 6 nitrogen and oxygen atoms in total. The highest BCUT2D eigenvalue weighted by Gasteiger charge is 2.19. The molecule has 3 aromatic rings. The van der Waals surface area contributed by atoms with Crippen LogP contribution in [0.25, 0.3) is 0 Å². The monoisotopic (exact) mass is 459 g/mol. The average molecular weight is 460 g/mol. The number of nitrogens with one attached hydrogen (secondary N) is 1. The first-order valence-corrected chi connectivity index (χ1v) is 11.4. The van der Waals surface area contributed by atoms with E-state index >= 15 is 0 Å².